The Hall–Kier alpha value is -3.22. The van der Waals surface area contributed by atoms with Crippen molar-refractivity contribution in [2.75, 3.05) is 25.0 Å². The minimum Gasteiger partial charge on any atom is -0.356 e. The molecule has 3 heterocycles. The highest BCUT2D eigenvalue weighted by atomic mass is 16.2. The van der Waals surface area contributed by atoms with Crippen LogP contribution in [-0.2, 0) is 11.3 Å². The summed E-state index contributed by atoms with van der Waals surface area (Å²) in [4.78, 5) is 30.0. The lowest BCUT2D eigenvalue weighted by molar-refractivity contribution is -0.135. The SMILES string of the molecule is Cc1nccn1-c1cc(N2CCC(C(=O)N(C)Cc3ccccc3)CC2)ncn1. The Kier molecular flexibility index (Phi) is 5.55. The van der Waals surface area contributed by atoms with Crippen LogP contribution in [0.4, 0.5) is 5.82 Å². The summed E-state index contributed by atoms with van der Waals surface area (Å²) in [5, 5.41) is 0. The molecule has 1 fully saturated rings. The summed E-state index contributed by atoms with van der Waals surface area (Å²) in [5.74, 6) is 2.89. The summed E-state index contributed by atoms with van der Waals surface area (Å²) in [6.45, 7) is 4.23. The van der Waals surface area contributed by atoms with Gasteiger partial charge in [-0.3, -0.25) is 9.36 Å². The number of piperidine rings is 1. The molecule has 0 N–H and O–H groups in total. The van der Waals surface area contributed by atoms with Crippen LogP contribution in [0.2, 0.25) is 0 Å². The lowest BCUT2D eigenvalue weighted by Gasteiger charge is -2.34. The topological polar surface area (TPSA) is 67.2 Å². The monoisotopic (exact) mass is 390 g/mol. The first kappa shape index (κ1) is 19.1. The summed E-state index contributed by atoms with van der Waals surface area (Å²) < 4.78 is 1.94. The first-order chi connectivity index (χ1) is 14.1. The molecule has 1 aliphatic rings. The summed E-state index contributed by atoms with van der Waals surface area (Å²) in [6, 6.07) is 12.1. The zero-order chi connectivity index (χ0) is 20.2. The van der Waals surface area contributed by atoms with E-state index < -0.39 is 0 Å². The van der Waals surface area contributed by atoms with E-state index in [-0.39, 0.29) is 11.8 Å². The molecular weight excluding hydrogens is 364 g/mol. The van der Waals surface area contributed by atoms with Gasteiger partial charge in [0.25, 0.3) is 0 Å². The minimum atomic E-state index is 0.0668. The van der Waals surface area contributed by atoms with Crippen molar-refractivity contribution in [3.63, 3.8) is 0 Å². The molecule has 0 bridgehead atoms. The number of hydrogen-bond donors (Lipinski definition) is 0. The second-order valence-corrected chi connectivity index (χ2v) is 7.52. The summed E-state index contributed by atoms with van der Waals surface area (Å²) in [6.07, 6.45) is 6.92. The molecule has 1 amide bonds. The third-order valence-electron chi connectivity index (χ3n) is 5.52. The van der Waals surface area contributed by atoms with Crippen LogP contribution >= 0.6 is 0 Å². The highest BCUT2D eigenvalue weighted by Gasteiger charge is 2.28. The van der Waals surface area contributed by atoms with Crippen LogP contribution in [0.5, 0.6) is 0 Å². The first-order valence-corrected chi connectivity index (χ1v) is 9.98. The van der Waals surface area contributed by atoms with E-state index in [1.54, 1.807) is 12.5 Å². The predicted octanol–water partition coefficient (Wildman–Crippen LogP) is 2.85. The van der Waals surface area contributed by atoms with E-state index in [9.17, 15) is 4.79 Å². The molecule has 0 spiro atoms. The molecule has 0 saturated carbocycles. The molecule has 150 valence electrons. The molecule has 0 radical (unpaired) electrons. The Balaban J connectivity index is 1.37. The van der Waals surface area contributed by atoms with Gasteiger partial charge in [-0.15, -0.1) is 0 Å². The maximum Gasteiger partial charge on any atom is 0.225 e. The van der Waals surface area contributed by atoms with Crippen molar-refractivity contribution in [1.29, 1.82) is 0 Å². The van der Waals surface area contributed by atoms with Gasteiger partial charge in [-0.05, 0) is 25.3 Å². The number of amides is 1. The number of anilines is 1. The van der Waals surface area contributed by atoms with Crippen LogP contribution < -0.4 is 4.90 Å². The van der Waals surface area contributed by atoms with E-state index in [1.165, 1.54) is 0 Å². The average molecular weight is 390 g/mol. The molecule has 7 nitrogen and oxygen atoms in total. The van der Waals surface area contributed by atoms with Gasteiger partial charge in [0.05, 0.1) is 0 Å². The molecule has 0 aliphatic carbocycles. The Morgan fingerprint density at radius 3 is 2.52 bits per heavy atom. The fraction of sp³-hybridized carbons (Fsp3) is 0.364. The Morgan fingerprint density at radius 1 is 1.10 bits per heavy atom. The van der Waals surface area contributed by atoms with Crippen molar-refractivity contribution in [3.05, 3.63) is 66.5 Å². The Bertz CT molecular complexity index is 962. The van der Waals surface area contributed by atoms with Crippen molar-refractivity contribution in [2.45, 2.75) is 26.3 Å². The van der Waals surface area contributed by atoms with E-state index in [0.29, 0.717) is 6.54 Å². The molecule has 7 heteroatoms. The van der Waals surface area contributed by atoms with Crippen molar-refractivity contribution in [3.8, 4) is 5.82 Å². The van der Waals surface area contributed by atoms with Crippen molar-refractivity contribution in [2.24, 2.45) is 5.92 Å². The van der Waals surface area contributed by atoms with Crippen LogP contribution in [0.25, 0.3) is 5.82 Å². The fourth-order valence-corrected chi connectivity index (χ4v) is 3.86. The number of aryl methyl sites for hydroxylation is 1. The number of benzene rings is 1. The Morgan fingerprint density at radius 2 is 1.83 bits per heavy atom. The number of aromatic nitrogens is 4. The van der Waals surface area contributed by atoms with Gasteiger partial charge in [-0.2, -0.15) is 0 Å². The van der Waals surface area contributed by atoms with Crippen LogP contribution in [-0.4, -0.2) is 50.5 Å². The molecular formula is C22H26N6O. The third-order valence-corrected chi connectivity index (χ3v) is 5.52. The summed E-state index contributed by atoms with van der Waals surface area (Å²) >= 11 is 0. The molecule has 2 aromatic heterocycles. The number of nitrogens with zero attached hydrogens (tertiary/aromatic N) is 6. The molecule has 29 heavy (non-hydrogen) atoms. The zero-order valence-corrected chi connectivity index (χ0v) is 16.9. The van der Waals surface area contributed by atoms with Crippen molar-refractivity contribution in [1.82, 2.24) is 24.4 Å². The van der Waals surface area contributed by atoms with E-state index in [4.69, 9.17) is 0 Å². The molecule has 1 saturated heterocycles. The summed E-state index contributed by atoms with van der Waals surface area (Å²) in [7, 11) is 1.89. The second-order valence-electron chi connectivity index (χ2n) is 7.52. The van der Waals surface area contributed by atoms with Crippen LogP contribution in [0.1, 0.15) is 24.2 Å². The highest BCUT2D eigenvalue weighted by Crippen LogP contribution is 2.24. The Labute approximate surface area is 171 Å². The van der Waals surface area contributed by atoms with Gasteiger partial charge in [0.15, 0.2) is 0 Å². The van der Waals surface area contributed by atoms with Crippen LogP contribution in [0.3, 0.4) is 0 Å². The molecule has 4 rings (SSSR count). The van der Waals surface area contributed by atoms with E-state index in [1.807, 2.05) is 53.9 Å². The first-order valence-electron chi connectivity index (χ1n) is 9.98. The average Bonchev–Trinajstić information content (AvgIpc) is 3.20. The van der Waals surface area contributed by atoms with E-state index >= 15 is 0 Å². The van der Waals surface area contributed by atoms with Gasteiger partial charge in [0.1, 0.15) is 23.8 Å². The van der Waals surface area contributed by atoms with Crippen LogP contribution in [0.15, 0.2) is 55.1 Å². The molecule has 1 aliphatic heterocycles. The van der Waals surface area contributed by atoms with Crippen molar-refractivity contribution >= 4 is 11.7 Å². The summed E-state index contributed by atoms with van der Waals surface area (Å²) in [5.41, 5.74) is 1.16. The molecule has 1 aromatic carbocycles. The number of rotatable bonds is 5. The number of imidazole rings is 1. The molecule has 0 atom stereocenters. The lowest BCUT2D eigenvalue weighted by atomic mass is 9.95. The van der Waals surface area contributed by atoms with Crippen molar-refractivity contribution < 1.29 is 4.79 Å². The van der Waals surface area contributed by atoms with Gasteiger partial charge in [-0.25, -0.2) is 15.0 Å². The fourth-order valence-electron chi connectivity index (χ4n) is 3.86. The quantitative estimate of drug-likeness (QED) is 0.670. The second kappa shape index (κ2) is 8.43. The third kappa shape index (κ3) is 4.29. The molecule has 0 unspecified atom stereocenters. The highest BCUT2D eigenvalue weighted by molar-refractivity contribution is 5.79. The molecule has 3 aromatic rings. The van der Waals surface area contributed by atoms with Gasteiger partial charge < -0.3 is 9.80 Å². The van der Waals surface area contributed by atoms with Crippen LogP contribution in [0, 0.1) is 12.8 Å². The lowest BCUT2D eigenvalue weighted by Crippen LogP contribution is -2.41. The van der Waals surface area contributed by atoms with Gasteiger partial charge in [0.2, 0.25) is 5.91 Å². The van der Waals surface area contributed by atoms with Gasteiger partial charge in [-0.1, -0.05) is 30.3 Å². The van der Waals surface area contributed by atoms with Gasteiger partial charge in [0, 0.05) is 51.1 Å². The normalized spacial score (nSPS) is 14.8. The number of hydrogen-bond acceptors (Lipinski definition) is 5. The number of carbonyl (C=O) groups excluding carboxylic acids is 1. The maximum atomic E-state index is 12.9. The van der Waals surface area contributed by atoms with E-state index in [2.05, 4.69) is 32.0 Å². The number of carbonyl (C=O) groups is 1. The minimum absolute atomic E-state index is 0.0668. The standard InChI is InChI=1S/C22H26N6O/c1-17-23-10-13-28(17)21-14-20(24-16-25-21)27-11-8-19(9-12-27)22(29)26(2)15-18-6-4-3-5-7-18/h3-7,10,13-14,16,19H,8-9,11-12,15H2,1-2H3. The largest absolute Gasteiger partial charge is 0.356 e. The van der Waals surface area contributed by atoms with E-state index in [0.717, 1.165) is 49.0 Å². The zero-order valence-electron chi connectivity index (χ0n) is 16.9. The predicted molar refractivity (Wildman–Crippen MR) is 112 cm³/mol. The smallest absolute Gasteiger partial charge is 0.225 e. The van der Waals surface area contributed by atoms with Gasteiger partial charge >= 0.3 is 0 Å². The maximum absolute atomic E-state index is 12.9.